The molecule has 67 heavy (non-hydrogen) atoms. The molecule has 0 saturated carbocycles. The Bertz CT molecular complexity index is 3260. The van der Waals surface area contributed by atoms with Crippen LogP contribution in [0.5, 0.6) is 17.2 Å². The fourth-order valence-corrected chi connectivity index (χ4v) is 11.7. The van der Waals surface area contributed by atoms with Gasteiger partial charge in [-0.1, -0.05) is 6.07 Å². The predicted octanol–water partition coefficient (Wildman–Crippen LogP) is 5.14. The lowest BCUT2D eigenvalue weighted by molar-refractivity contribution is -0.255. The number of carboxylic acids is 1. The predicted molar refractivity (Wildman–Crippen MR) is 262 cm³/mol. The molecule has 0 aliphatic carbocycles. The Morgan fingerprint density at radius 2 is 1.52 bits per heavy atom. The van der Waals surface area contributed by atoms with Crippen LogP contribution in [0.25, 0.3) is 16.5 Å². The molecule has 0 saturated heterocycles. The summed E-state index contributed by atoms with van der Waals surface area (Å²) in [6.45, 7) is 6.12. The second-order valence-corrected chi connectivity index (χ2v) is 19.5. The molecule has 1 aromatic heterocycles. The normalized spacial score (nSPS) is 15.5. The Hall–Kier alpha value is -6.48. The maximum absolute atomic E-state index is 13.8. The molecule has 5 aliphatic heterocycles. The lowest BCUT2D eigenvalue weighted by Crippen LogP contribution is -2.45. The van der Waals surface area contributed by atoms with Gasteiger partial charge in [0.15, 0.2) is 0 Å². The summed E-state index contributed by atoms with van der Waals surface area (Å²) in [5, 5.41) is 21.9. The standard InChI is InChI=1S/C54H50IN5O7/c1-30-40(41-28-36(66-2)16-18-45(41)60(30)53(63)31-11-14-35(55)15-12-31)29-46(61)56-19-20-57-52(62)34-13-17-37(42(27-34)54(64)65)47-43-25-32-7-3-21-58-23-5-9-38(48(32)58)50(43)67-51-39-10-6-24-59-22-4-8-33(49(39)59)26-44(47)51/h11-18,25-28H,3-10,19-24,29H2,1-2H3,(H2-,56,57,61,62,64,65). The number of anilines is 1. The van der Waals surface area contributed by atoms with Gasteiger partial charge in [0.2, 0.25) is 11.3 Å². The Morgan fingerprint density at radius 3 is 2.31 bits per heavy atom. The van der Waals surface area contributed by atoms with E-state index < -0.39 is 11.9 Å². The number of rotatable bonds is 10. The second-order valence-electron chi connectivity index (χ2n) is 18.3. The van der Waals surface area contributed by atoms with Gasteiger partial charge in [-0.2, -0.15) is 0 Å². The number of carbonyl (C=O) groups excluding carboxylic acids is 4. The van der Waals surface area contributed by atoms with Gasteiger partial charge < -0.3 is 34.9 Å². The number of carboxylic acid groups (broad SMARTS) is 1. The molecule has 6 aromatic rings. The van der Waals surface area contributed by atoms with Crippen LogP contribution in [0.4, 0.5) is 5.69 Å². The second kappa shape index (κ2) is 17.3. The summed E-state index contributed by atoms with van der Waals surface area (Å²) in [7, 11) is 1.57. The number of benzene rings is 5. The third kappa shape index (κ3) is 7.46. The number of aromatic nitrogens is 1. The van der Waals surface area contributed by atoms with E-state index in [0.717, 1.165) is 114 Å². The highest BCUT2D eigenvalue weighted by molar-refractivity contribution is 14.1. The highest BCUT2D eigenvalue weighted by Gasteiger charge is 2.36. The van der Waals surface area contributed by atoms with E-state index >= 15 is 0 Å². The van der Waals surface area contributed by atoms with Crippen LogP contribution in [0.3, 0.4) is 0 Å². The molecule has 5 aliphatic rings. The maximum atomic E-state index is 13.8. The highest BCUT2D eigenvalue weighted by Crippen LogP contribution is 2.49. The van der Waals surface area contributed by atoms with Crippen molar-refractivity contribution < 1.29 is 33.8 Å². The number of aromatic carboxylic acids is 1. The lowest BCUT2D eigenvalue weighted by Gasteiger charge is -2.39. The van der Waals surface area contributed by atoms with Gasteiger partial charge in [0.25, 0.3) is 11.8 Å². The monoisotopic (exact) mass is 1010 g/mol. The third-order valence-corrected chi connectivity index (χ3v) is 15.1. The van der Waals surface area contributed by atoms with Crippen molar-refractivity contribution in [3.8, 4) is 17.2 Å². The number of nitrogens with zero attached hydrogens (tertiary/aromatic N) is 3. The van der Waals surface area contributed by atoms with Gasteiger partial charge >= 0.3 is 0 Å². The van der Waals surface area contributed by atoms with Crippen molar-refractivity contribution in [2.75, 3.05) is 51.3 Å². The molecule has 0 spiro atoms. The van der Waals surface area contributed by atoms with Crippen LogP contribution in [0.15, 0.2) is 72.8 Å². The van der Waals surface area contributed by atoms with E-state index in [1.54, 1.807) is 42.0 Å². The zero-order valence-electron chi connectivity index (χ0n) is 37.6. The van der Waals surface area contributed by atoms with E-state index in [1.807, 2.05) is 31.2 Å². The summed E-state index contributed by atoms with van der Waals surface area (Å²) in [6.07, 6.45) is 7.81. The van der Waals surface area contributed by atoms with E-state index in [0.29, 0.717) is 33.7 Å². The molecule has 6 heterocycles. The maximum Gasteiger partial charge on any atom is 0.262 e. The number of halogens is 1. The summed E-state index contributed by atoms with van der Waals surface area (Å²) < 4.78 is 17.8. The van der Waals surface area contributed by atoms with Gasteiger partial charge in [-0.05, 0) is 151 Å². The number of hydrogen-bond donors (Lipinski definition) is 2. The number of aryl methyl sites for hydroxylation is 2. The first-order valence-corrected chi connectivity index (χ1v) is 24.5. The molecular formula is C54H50IN5O7. The first-order valence-electron chi connectivity index (χ1n) is 23.4. The minimum Gasteiger partial charge on any atom is -0.545 e. The average Bonchev–Trinajstić information content (AvgIpc) is 3.61. The number of amides is 2. The fourth-order valence-electron chi connectivity index (χ4n) is 11.4. The summed E-state index contributed by atoms with van der Waals surface area (Å²) >= 11 is 2.20. The van der Waals surface area contributed by atoms with E-state index in [-0.39, 0.29) is 42.5 Å². The van der Waals surface area contributed by atoms with Gasteiger partial charge in [0.05, 0.1) is 30.6 Å². The molecule has 0 unspecified atom stereocenters. The summed E-state index contributed by atoms with van der Waals surface area (Å²) in [6, 6.07) is 22.1. The van der Waals surface area contributed by atoms with Crippen LogP contribution in [0.1, 0.15) is 101 Å². The number of ether oxygens (including phenoxy) is 2. The van der Waals surface area contributed by atoms with Gasteiger partial charge in [-0.3, -0.25) is 19.0 Å². The van der Waals surface area contributed by atoms with Crippen molar-refractivity contribution in [1.29, 1.82) is 0 Å². The number of hydrogen-bond acceptors (Lipinski definition) is 8. The van der Waals surface area contributed by atoms with Crippen molar-refractivity contribution in [3.63, 3.8) is 0 Å². The van der Waals surface area contributed by atoms with E-state index in [1.165, 1.54) is 39.4 Å². The van der Waals surface area contributed by atoms with Crippen LogP contribution >= 0.6 is 22.6 Å². The number of nitrogens with one attached hydrogen (secondary N) is 2. The topological polar surface area (TPSA) is 145 Å². The van der Waals surface area contributed by atoms with Crippen molar-refractivity contribution in [1.82, 2.24) is 19.8 Å². The number of methoxy groups -OCH3 is 1. The van der Waals surface area contributed by atoms with Crippen molar-refractivity contribution in [2.24, 2.45) is 0 Å². The fraction of sp³-hybridized carbons (Fsp3) is 0.315. The minimum absolute atomic E-state index is 0.00586. The Kier molecular flexibility index (Phi) is 11.1. The Balaban J connectivity index is 0.873. The van der Waals surface area contributed by atoms with Gasteiger partial charge in [-0.15, -0.1) is 0 Å². The SMILES string of the molecule is COc1ccc2c(c1)c(CC(=O)NCCNC(=O)c1ccc(C3=c4cc5c6c(c4Oc4c3cc3c7c4CCCN7CCC3)CCC[N+]=6CCC5)c(C(=O)[O-])c1)c(C)n2C(=O)c1ccc(I)cc1. The Morgan fingerprint density at radius 1 is 0.791 bits per heavy atom. The molecule has 0 fully saturated rings. The molecular weight excluding hydrogens is 958 g/mol. The smallest absolute Gasteiger partial charge is 0.262 e. The van der Waals surface area contributed by atoms with Crippen molar-refractivity contribution >= 4 is 68.4 Å². The first-order chi connectivity index (χ1) is 32.6. The molecule has 12 nitrogen and oxygen atoms in total. The largest absolute Gasteiger partial charge is 0.545 e. The van der Waals surface area contributed by atoms with Crippen LogP contribution in [-0.4, -0.2) is 74.6 Å². The average molecular weight is 1010 g/mol. The van der Waals surface area contributed by atoms with E-state index in [9.17, 15) is 24.3 Å². The van der Waals surface area contributed by atoms with Crippen LogP contribution in [0.2, 0.25) is 0 Å². The molecule has 0 atom stereocenters. The highest BCUT2D eigenvalue weighted by atomic mass is 127. The van der Waals surface area contributed by atoms with Crippen molar-refractivity contribution in [2.45, 2.75) is 64.7 Å². The van der Waals surface area contributed by atoms with Crippen LogP contribution < -0.4 is 45.3 Å². The number of carbonyl (C=O) groups is 4. The Labute approximate surface area is 401 Å². The quantitative estimate of drug-likeness (QED) is 0.109. The number of fused-ring (bicyclic) bond motifs is 5. The summed E-state index contributed by atoms with van der Waals surface area (Å²) in [4.78, 5) is 56.8. The summed E-state index contributed by atoms with van der Waals surface area (Å²) in [5.41, 5.74) is 11.1. The molecule has 0 bridgehead atoms. The van der Waals surface area contributed by atoms with Gasteiger partial charge in [-0.25, -0.2) is 4.58 Å². The zero-order chi connectivity index (χ0) is 46.1. The van der Waals surface area contributed by atoms with Gasteiger partial charge in [0.1, 0.15) is 30.3 Å². The molecule has 0 radical (unpaired) electrons. The molecule has 5 aromatic carbocycles. The zero-order valence-corrected chi connectivity index (χ0v) is 39.8. The van der Waals surface area contributed by atoms with Crippen LogP contribution in [0, 0.1) is 10.5 Å². The van der Waals surface area contributed by atoms with Crippen molar-refractivity contribution in [3.05, 3.63) is 148 Å². The molecule has 2 amide bonds. The first kappa shape index (κ1) is 43.1. The van der Waals surface area contributed by atoms with Crippen LogP contribution in [-0.2, 0) is 36.9 Å². The molecule has 2 N–H and O–H groups in total. The summed E-state index contributed by atoms with van der Waals surface area (Å²) in [5.74, 6) is -0.0887. The molecule has 13 heteroatoms. The minimum atomic E-state index is -1.37. The van der Waals surface area contributed by atoms with E-state index in [4.69, 9.17) is 9.47 Å². The van der Waals surface area contributed by atoms with Gasteiger partial charge in [0, 0.05) is 104 Å². The molecule has 11 rings (SSSR count). The third-order valence-electron chi connectivity index (χ3n) is 14.4. The lowest BCUT2D eigenvalue weighted by atomic mass is 9.81. The molecule has 340 valence electrons. The van der Waals surface area contributed by atoms with E-state index in [2.05, 4.69) is 54.8 Å².